The number of nitrogens with zero attached hydrogens (tertiary/aromatic N) is 2. The maximum absolute atomic E-state index is 17.0. The summed E-state index contributed by atoms with van der Waals surface area (Å²) in [5, 5.41) is 3.97. The van der Waals surface area contributed by atoms with Gasteiger partial charge in [-0.05, 0) is 172 Å². The zero-order valence-electron chi connectivity index (χ0n) is 51.2. The number of anilines is 6. The smallest absolute Gasteiger partial charge is 0.145 e. The number of halogens is 2. The van der Waals surface area contributed by atoms with Crippen LogP contribution in [-0.4, -0.2) is 0 Å². The Morgan fingerprint density at radius 3 is 1.40 bits per heavy atom. The highest BCUT2D eigenvalue weighted by molar-refractivity contribution is 7.26. The lowest BCUT2D eigenvalue weighted by molar-refractivity contribution is 0.590. The minimum atomic E-state index is -1.39. The molecule has 0 saturated heterocycles. The third-order valence-electron chi connectivity index (χ3n) is 18.3. The van der Waals surface area contributed by atoms with Crippen molar-refractivity contribution in [3.8, 4) is 33.4 Å². The van der Waals surface area contributed by atoms with Crippen molar-refractivity contribution in [2.45, 2.75) is 71.6 Å². The molecule has 14 aromatic rings. The zero-order valence-corrected chi connectivity index (χ0v) is 52.0. The Balaban J connectivity index is 1.16. The van der Waals surface area contributed by atoms with Crippen LogP contribution in [0.5, 0.6) is 0 Å². The van der Waals surface area contributed by atoms with Crippen molar-refractivity contribution in [1.82, 2.24) is 0 Å². The topological polar surface area (TPSA) is 19.6 Å². The second kappa shape index (κ2) is 21.2. The highest BCUT2D eigenvalue weighted by atomic mass is 32.1. The van der Waals surface area contributed by atoms with E-state index >= 15 is 8.78 Å². The van der Waals surface area contributed by atoms with Crippen molar-refractivity contribution >= 4 is 87.6 Å². The Hall–Kier alpha value is -9.88. The van der Waals surface area contributed by atoms with E-state index in [0.29, 0.717) is 16.7 Å². The number of benzene rings is 12. The number of aryl methyl sites for hydroxylation is 2. The summed E-state index contributed by atoms with van der Waals surface area (Å²) in [6.45, 7) is 17.8. The van der Waals surface area contributed by atoms with Crippen molar-refractivity contribution in [2.75, 3.05) is 9.80 Å². The normalized spacial score (nSPS) is 12.9. The van der Waals surface area contributed by atoms with Crippen molar-refractivity contribution in [2.24, 2.45) is 0 Å². The van der Waals surface area contributed by atoms with Crippen molar-refractivity contribution in [1.29, 1.82) is 0 Å². The van der Waals surface area contributed by atoms with Crippen LogP contribution in [0, 0.1) is 25.5 Å². The molecule has 0 aliphatic heterocycles. The lowest BCUT2D eigenvalue weighted by Crippen LogP contribution is -2.29. The molecule has 0 fully saturated rings. The molecular formula is C83H66F2N2OS. The number of furan rings is 1. The first-order valence-corrected chi connectivity index (χ1v) is 31.5. The maximum atomic E-state index is 17.0. The molecule has 1 aliphatic carbocycles. The van der Waals surface area contributed by atoms with Crippen LogP contribution in [0.1, 0.15) is 86.1 Å². The fourth-order valence-corrected chi connectivity index (χ4v) is 15.2. The number of fused-ring (bicyclic) bond motifs is 11. The molecule has 0 N–H and O–H groups in total. The standard InChI is InChI=1S/C83H66F2N2OS/c1-51-33-43-69(65(45-51)53-21-11-9-12-22-53)86(61-39-35-55(36-40-61)81(3,4)5)71-49-68-78(79-75(71)63-29-15-17-31-73(63)88-79)77-67(83(68,57-25-19-27-59(84)47-57)58-26-20-28-60(85)48-58)50-72(80-76(77)64-30-16-18-32-74(64)89-80)87(62-41-37-56(38-42-62)82(6,7)8)70-44-34-52(2)46-66(70)54-23-13-10-14-24-54/h9-50H,1-8H3. The van der Waals surface area contributed by atoms with Gasteiger partial charge in [0.05, 0.1) is 38.3 Å². The number of para-hydroxylation sites is 1. The molecule has 0 amide bonds. The van der Waals surface area contributed by atoms with Gasteiger partial charge in [0.25, 0.3) is 0 Å². The number of rotatable bonds is 10. The summed E-state index contributed by atoms with van der Waals surface area (Å²) < 4.78 is 43.9. The van der Waals surface area contributed by atoms with Gasteiger partial charge in [-0.15, -0.1) is 11.3 Å². The molecule has 434 valence electrons. The van der Waals surface area contributed by atoms with Gasteiger partial charge in [0.15, 0.2) is 0 Å². The van der Waals surface area contributed by atoms with Crippen LogP contribution in [0.3, 0.4) is 0 Å². The predicted molar refractivity (Wildman–Crippen MR) is 371 cm³/mol. The number of hydrogen-bond acceptors (Lipinski definition) is 4. The van der Waals surface area contributed by atoms with Gasteiger partial charge in [-0.25, -0.2) is 8.78 Å². The largest absolute Gasteiger partial charge is 0.455 e. The Labute approximate surface area is 523 Å². The van der Waals surface area contributed by atoms with Crippen LogP contribution in [0.15, 0.2) is 259 Å². The van der Waals surface area contributed by atoms with E-state index in [2.05, 4.69) is 265 Å². The third-order valence-corrected chi connectivity index (χ3v) is 19.4. The summed E-state index contributed by atoms with van der Waals surface area (Å²) in [4.78, 5) is 4.83. The Kier molecular flexibility index (Phi) is 13.2. The first-order chi connectivity index (χ1) is 43.0. The summed E-state index contributed by atoms with van der Waals surface area (Å²) in [6, 6.07) is 88.4. The molecule has 89 heavy (non-hydrogen) atoms. The summed E-state index contributed by atoms with van der Waals surface area (Å²) in [5.41, 5.74) is 19.2. The van der Waals surface area contributed by atoms with Crippen LogP contribution >= 0.6 is 11.3 Å². The molecule has 3 nitrogen and oxygen atoms in total. The lowest BCUT2D eigenvalue weighted by Gasteiger charge is -2.36. The van der Waals surface area contributed by atoms with Gasteiger partial charge in [0, 0.05) is 48.9 Å². The van der Waals surface area contributed by atoms with Crippen molar-refractivity contribution < 1.29 is 13.2 Å². The summed E-state index contributed by atoms with van der Waals surface area (Å²) in [5.74, 6) is -0.804. The molecule has 2 aromatic heterocycles. The Morgan fingerprint density at radius 2 is 0.876 bits per heavy atom. The quantitative estimate of drug-likeness (QED) is 0.136. The minimum Gasteiger partial charge on any atom is -0.455 e. The highest BCUT2D eigenvalue weighted by Gasteiger charge is 2.51. The minimum absolute atomic E-state index is 0.106. The first kappa shape index (κ1) is 55.7. The van der Waals surface area contributed by atoms with Crippen LogP contribution in [-0.2, 0) is 16.2 Å². The van der Waals surface area contributed by atoms with Crippen LogP contribution in [0.25, 0.3) is 75.5 Å². The second-order valence-corrected chi connectivity index (χ2v) is 27.1. The number of hydrogen-bond donors (Lipinski definition) is 0. The molecule has 6 heteroatoms. The van der Waals surface area contributed by atoms with Crippen molar-refractivity contribution in [3.63, 3.8) is 0 Å². The average molecular weight is 1180 g/mol. The van der Waals surface area contributed by atoms with Gasteiger partial charge in [0.2, 0.25) is 0 Å². The summed E-state index contributed by atoms with van der Waals surface area (Å²) >= 11 is 1.77. The van der Waals surface area contributed by atoms with E-state index in [0.717, 1.165) is 126 Å². The zero-order chi connectivity index (χ0) is 61.1. The fourth-order valence-electron chi connectivity index (χ4n) is 14.0. The van der Waals surface area contributed by atoms with Gasteiger partial charge < -0.3 is 14.2 Å². The van der Waals surface area contributed by atoms with E-state index in [1.165, 1.54) is 23.3 Å². The summed E-state index contributed by atoms with van der Waals surface area (Å²) in [6.07, 6.45) is 0. The first-order valence-electron chi connectivity index (χ1n) is 30.7. The molecule has 2 heterocycles. The van der Waals surface area contributed by atoms with Gasteiger partial charge in [-0.2, -0.15) is 0 Å². The number of thiophene rings is 1. The highest BCUT2D eigenvalue weighted by Crippen LogP contribution is 2.65. The van der Waals surface area contributed by atoms with E-state index in [1.54, 1.807) is 35.6 Å². The van der Waals surface area contributed by atoms with Gasteiger partial charge in [-0.1, -0.05) is 210 Å². The second-order valence-electron chi connectivity index (χ2n) is 26.0. The van der Waals surface area contributed by atoms with Crippen molar-refractivity contribution in [3.05, 3.63) is 311 Å². The fraction of sp³-hybridized carbons (Fsp3) is 0.133. The van der Waals surface area contributed by atoms with E-state index in [9.17, 15) is 0 Å². The molecule has 0 atom stereocenters. The average Bonchev–Trinajstić information content (AvgIpc) is 1.53. The predicted octanol–water partition coefficient (Wildman–Crippen LogP) is 24.1. The Bertz CT molecular complexity index is 5040. The molecule has 0 radical (unpaired) electrons. The van der Waals surface area contributed by atoms with Gasteiger partial charge in [-0.3, -0.25) is 0 Å². The molecule has 15 rings (SSSR count). The molecule has 0 unspecified atom stereocenters. The van der Waals surface area contributed by atoms with E-state index in [4.69, 9.17) is 4.42 Å². The van der Waals surface area contributed by atoms with E-state index in [1.807, 2.05) is 18.2 Å². The molecule has 0 bridgehead atoms. The van der Waals surface area contributed by atoms with Crippen LogP contribution in [0.2, 0.25) is 0 Å². The maximum Gasteiger partial charge on any atom is 0.145 e. The SMILES string of the molecule is Cc1ccc(N(c2ccc(C(C)(C)C)cc2)c2cc3c(c4c2sc2ccccc24)-c2c(cc(N(c4ccc(C(C)(C)C)cc4)c4ccc(C)cc4-c4ccccc4)c4c2oc2ccccc24)C3(c2cccc(F)c2)c2cccc(F)c2)c(-c2ccccc2)c1. The van der Waals surface area contributed by atoms with Gasteiger partial charge >= 0.3 is 0 Å². The molecule has 0 spiro atoms. The summed E-state index contributed by atoms with van der Waals surface area (Å²) in [7, 11) is 0. The Morgan fingerprint density at radius 1 is 0.404 bits per heavy atom. The van der Waals surface area contributed by atoms with Gasteiger partial charge in [0.1, 0.15) is 22.8 Å². The molecule has 1 aliphatic rings. The van der Waals surface area contributed by atoms with Crippen LogP contribution in [0.4, 0.5) is 42.9 Å². The van der Waals surface area contributed by atoms with E-state index < -0.39 is 17.0 Å². The lowest BCUT2D eigenvalue weighted by atomic mass is 9.67. The molecule has 0 saturated carbocycles. The monoisotopic (exact) mass is 1180 g/mol. The third kappa shape index (κ3) is 9.17. The molecular weight excluding hydrogens is 1110 g/mol. The van der Waals surface area contributed by atoms with E-state index in [-0.39, 0.29) is 10.8 Å². The molecule has 12 aromatic carbocycles. The van der Waals surface area contributed by atoms with Crippen LogP contribution < -0.4 is 9.80 Å².